The van der Waals surface area contributed by atoms with E-state index in [0.29, 0.717) is 0 Å². The molecule has 2 heterocycles. The van der Waals surface area contributed by atoms with Crippen LogP contribution in [0, 0.1) is 0 Å². The predicted molar refractivity (Wildman–Crippen MR) is 71.3 cm³/mol. The maximum absolute atomic E-state index is 12.1. The minimum absolute atomic E-state index is 0.144. The van der Waals surface area contributed by atoms with Crippen LogP contribution in [0.2, 0.25) is 0 Å². The lowest BCUT2D eigenvalue weighted by Crippen LogP contribution is -2.61. The molecule has 3 rings (SSSR count). The average Bonchev–Trinajstić information content (AvgIpc) is 2.40. The lowest BCUT2D eigenvalue weighted by Gasteiger charge is -2.42. The molecule has 3 nitrogen and oxygen atoms in total. The zero-order chi connectivity index (χ0) is 12.4. The van der Waals surface area contributed by atoms with E-state index in [4.69, 9.17) is 0 Å². The van der Waals surface area contributed by atoms with Crippen molar-refractivity contribution in [3.8, 4) is 0 Å². The molecular weight excluding hydrogens is 224 g/mol. The summed E-state index contributed by atoms with van der Waals surface area (Å²) in [4.78, 5) is 14.4. The van der Waals surface area contributed by atoms with Crippen LogP contribution in [0.5, 0.6) is 0 Å². The molecule has 3 heteroatoms. The fraction of sp³-hybridized carbons (Fsp3) is 0.533. The molecule has 96 valence electrons. The molecule has 18 heavy (non-hydrogen) atoms. The number of rotatable bonds is 2. The van der Waals surface area contributed by atoms with Crippen molar-refractivity contribution in [1.29, 1.82) is 0 Å². The number of carbonyl (C=O) groups excluding carboxylic acids is 1. The number of nitrogens with zero attached hydrogens (tertiary/aromatic N) is 1. The Morgan fingerprint density at radius 2 is 2.06 bits per heavy atom. The number of nitrogens with one attached hydrogen (secondary N) is 1. The number of hydrogen-bond donors (Lipinski definition) is 1. The molecule has 2 fully saturated rings. The number of hydrogen-bond acceptors (Lipinski definition) is 2. The fourth-order valence-electron chi connectivity index (χ4n) is 3.15. The summed E-state index contributed by atoms with van der Waals surface area (Å²) in [5.74, 6) is 0.238. The Kier molecular flexibility index (Phi) is 3.33. The SMILES string of the molecule is O=C1N[C@@H](Cc2ccccc2)CN2CCCCC12. The second-order valence-corrected chi connectivity index (χ2v) is 5.40. The van der Waals surface area contributed by atoms with Crippen molar-refractivity contribution in [3.63, 3.8) is 0 Å². The van der Waals surface area contributed by atoms with Gasteiger partial charge in [0, 0.05) is 12.6 Å². The first-order chi connectivity index (χ1) is 8.83. The summed E-state index contributed by atoms with van der Waals surface area (Å²) in [6.45, 7) is 2.09. The third-order valence-corrected chi connectivity index (χ3v) is 4.04. The monoisotopic (exact) mass is 244 g/mol. The van der Waals surface area contributed by atoms with Crippen LogP contribution in [0.1, 0.15) is 24.8 Å². The van der Waals surface area contributed by atoms with Crippen LogP contribution in [-0.4, -0.2) is 36.0 Å². The van der Waals surface area contributed by atoms with Gasteiger partial charge in [0.15, 0.2) is 0 Å². The summed E-state index contributed by atoms with van der Waals surface area (Å²) in [6.07, 6.45) is 4.40. The van der Waals surface area contributed by atoms with Crippen molar-refractivity contribution < 1.29 is 4.79 Å². The molecule has 1 amide bonds. The van der Waals surface area contributed by atoms with E-state index in [1.54, 1.807) is 0 Å². The van der Waals surface area contributed by atoms with Gasteiger partial charge in [-0.1, -0.05) is 36.8 Å². The normalized spacial score (nSPS) is 28.6. The molecule has 0 saturated carbocycles. The van der Waals surface area contributed by atoms with Gasteiger partial charge in [0.25, 0.3) is 0 Å². The molecule has 2 aliphatic heterocycles. The molecule has 1 N–H and O–H groups in total. The Morgan fingerprint density at radius 3 is 2.89 bits per heavy atom. The van der Waals surface area contributed by atoms with Gasteiger partial charge >= 0.3 is 0 Å². The van der Waals surface area contributed by atoms with E-state index in [-0.39, 0.29) is 18.0 Å². The van der Waals surface area contributed by atoms with Gasteiger partial charge in [0.2, 0.25) is 5.91 Å². The smallest absolute Gasteiger partial charge is 0.237 e. The van der Waals surface area contributed by atoms with E-state index in [1.165, 1.54) is 18.4 Å². The maximum Gasteiger partial charge on any atom is 0.237 e. The first kappa shape index (κ1) is 11.7. The molecule has 1 aromatic carbocycles. The quantitative estimate of drug-likeness (QED) is 0.856. The van der Waals surface area contributed by atoms with Gasteiger partial charge in [0.1, 0.15) is 0 Å². The van der Waals surface area contributed by atoms with Crippen molar-refractivity contribution in [1.82, 2.24) is 10.2 Å². The second kappa shape index (κ2) is 5.11. The molecule has 0 spiro atoms. The van der Waals surface area contributed by atoms with Gasteiger partial charge in [-0.15, -0.1) is 0 Å². The maximum atomic E-state index is 12.1. The van der Waals surface area contributed by atoms with Crippen molar-refractivity contribution in [2.45, 2.75) is 37.8 Å². The van der Waals surface area contributed by atoms with E-state index < -0.39 is 0 Å². The fourth-order valence-corrected chi connectivity index (χ4v) is 3.15. The highest BCUT2D eigenvalue weighted by Gasteiger charge is 2.35. The standard InChI is InChI=1S/C15H20N2O/c18-15-14-8-4-5-9-17(14)11-13(16-15)10-12-6-2-1-3-7-12/h1-3,6-7,13-14H,4-5,8-11H2,(H,16,18)/t13-,14?/m0/s1. The molecule has 0 aromatic heterocycles. The third kappa shape index (κ3) is 2.41. The van der Waals surface area contributed by atoms with Crippen molar-refractivity contribution in [2.24, 2.45) is 0 Å². The van der Waals surface area contributed by atoms with Crippen molar-refractivity contribution >= 4 is 5.91 Å². The van der Waals surface area contributed by atoms with E-state index in [9.17, 15) is 4.79 Å². The largest absolute Gasteiger partial charge is 0.350 e. The van der Waals surface area contributed by atoms with Gasteiger partial charge in [-0.05, 0) is 31.4 Å². The van der Waals surface area contributed by atoms with E-state index in [1.807, 2.05) is 6.07 Å². The Labute approximate surface area is 108 Å². The van der Waals surface area contributed by atoms with Gasteiger partial charge < -0.3 is 5.32 Å². The van der Waals surface area contributed by atoms with Crippen LogP contribution in [-0.2, 0) is 11.2 Å². The van der Waals surface area contributed by atoms with Gasteiger partial charge in [-0.2, -0.15) is 0 Å². The number of piperazine rings is 1. The summed E-state index contributed by atoms with van der Waals surface area (Å²) in [5.41, 5.74) is 1.30. The predicted octanol–water partition coefficient (Wildman–Crippen LogP) is 1.58. The molecule has 2 aliphatic rings. The first-order valence-electron chi connectivity index (χ1n) is 6.91. The Bertz CT molecular complexity index is 418. The van der Waals surface area contributed by atoms with Gasteiger partial charge in [-0.3, -0.25) is 9.69 Å². The van der Waals surface area contributed by atoms with Crippen LogP contribution in [0.3, 0.4) is 0 Å². The summed E-state index contributed by atoms with van der Waals surface area (Å²) < 4.78 is 0. The summed E-state index contributed by atoms with van der Waals surface area (Å²) in [5, 5.41) is 3.18. The molecule has 0 bridgehead atoms. The lowest BCUT2D eigenvalue weighted by molar-refractivity contribution is -0.132. The number of fused-ring (bicyclic) bond motifs is 1. The molecule has 2 saturated heterocycles. The van der Waals surface area contributed by atoms with Crippen LogP contribution in [0.4, 0.5) is 0 Å². The summed E-state index contributed by atoms with van der Waals surface area (Å²) in [7, 11) is 0. The highest BCUT2D eigenvalue weighted by atomic mass is 16.2. The number of carbonyl (C=O) groups is 1. The second-order valence-electron chi connectivity index (χ2n) is 5.40. The molecule has 0 radical (unpaired) electrons. The van der Waals surface area contributed by atoms with Crippen LogP contribution >= 0.6 is 0 Å². The van der Waals surface area contributed by atoms with Gasteiger partial charge in [-0.25, -0.2) is 0 Å². The minimum atomic E-state index is 0.144. The number of amides is 1. The molecule has 0 aliphatic carbocycles. The van der Waals surface area contributed by atoms with E-state index in [0.717, 1.165) is 25.9 Å². The van der Waals surface area contributed by atoms with Crippen molar-refractivity contribution in [2.75, 3.05) is 13.1 Å². The molecule has 1 aromatic rings. The van der Waals surface area contributed by atoms with Crippen LogP contribution in [0.15, 0.2) is 30.3 Å². The van der Waals surface area contributed by atoms with E-state index in [2.05, 4.69) is 34.5 Å². The number of piperidine rings is 1. The minimum Gasteiger partial charge on any atom is -0.350 e. The van der Waals surface area contributed by atoms with Crippen LogP contribution < -0.4 is 5.32 Å². The molecule has 2 atom stereocenters. The highest BCUT2D eigenvalue weighted by molar-refractivity contribution is 5.83. The average molecular weight is 244 g/mol. The Morgan fingerprint density at radius 1 is 1.22 bits per heavy atom. The Hall–Kier alpha value is -1.35. The lowest BCUT2D eigenvalue weighted by atomic mass is 9.95. The molecule has 1 unspecified atom stereocenters. The van der Waals surface area contributed by atoms with Crippen LogP contribution in [0.25, 0.3) is 0 Å². The topological polar surface area (TPSA) is 32.3 Å². The molecular formula is C15H20N2O. The summed E-state index contributed by atoms with van der Waals surface area (Å²) >= 11 is 0. The zero-order valence-corrected chi connectivity index (χ0v) is 10.6. The Balaban J connectivity index is 1.66. The first-order valence-corrected chi connectivity index (χ1v) is 6.91. The third-order valence-electron chi connectivity index (χ3n) is 4.04. The number of benzene rings is 1. The van der Waals surface area contributed by atoms with Gasteiger partial charge in [0.05, 0.1) is 6.04 Å². The van der Waals surface area contributed by atoms with Crippen molar-refractivity contribution in [3.05, 3.63) is 35.9 Å². The summed E-state index contributed by atoms with van der Waals surface area (Å²) in [6, 6.07) is 10.8. The highest BCUT2D eigenvalue weighted by Crippen LogP contribution is 2.21. The van der Waals surface area contributed by atoms with E-state index >= 15 is 0 Å². The zero-order valence-electron chi connectivity index (χ0n) is 10.6.